The monoisotopic (exact) mass is 366 g/mol. The molecule has 1 N–H and O–H groups in total. The molecular weight excluding hydrogens is 340 g/mol. The van der Waals surface area contributed by atoms with Crippen molar-refractivity contribution >= 4 is 11.8 Å². The Labute approximate surface area is 159 Å². The van der Waals surface area contributed by atoms with Gasteiger partial charge in [0.2, 0.25) is 11.8 Å². The summed E-state index contributed by atoms with van der Waals surface area (Å²) < 4.78 is 1.94. The number of nitrogens with one attached hydrogen (secondary N) is 1. The van der Waals surface area contributed by atoms with Crippen LogP contribution >= 0.6 is 0 Å². The van der Waals surface area contributed by atoms with Crippen molar-refractivity contribution in [2.24, 2.45) is 7.05 Å². The summed E-state index contributed by atoms with van der Waals surface area (Å²) in [5.41, 5.74) is 1.04. The molecule has 27 heavy (non-hydrogen) atoms. The van der Waals surface area contributed by atoms with Crippen molar-refractivity contribution in [3.8, 4) is 0 Å². The topological polar surface area (TPSA) is 67.2 Å². The van der Waals surface area contributed by atoms with Crippen LogP contribution in [-0.4, -0.2) is 39.4 Å². The van der Waals surface area contributed by atoms with Crippen LogP contribution in [0.2, 0.25) is 0 Å². The lowest BCUT2D eigenvalue weighted by molar-refractivity contribution is -0.132. The van der Waals surface area contributed by atoms with Gasteiger partial charge in [0.25, 0.3) is 0 Å². The molecule has 1 saturated carbocycles. The zero-order chi connectivity index (χ0) is 19.4. The highest BCUT2D eigenvalue weighted by Gasteiger charge is 2.53. The quantitative estimate of drug-likeness (QED) is 0.729. The first-order valence-corrected chi connectivity index (χ1v) is 9.25. The Morgan fingerprint density at radius 2 is 2.07 bits per heavy atom. The van der Waals surface area contributed by atoms with Crippen molar-refractivity contribution in [1.29, 1.82) is 0 Å². The molecule has 1 atom stereocenters. The predicted octanol–water partition coefficient (Wildman–Crippen LogP) is 2.34. The molecule has 2 amide bonds. The molecule has 6 heteroatoms. The molecule has 1 aliphatic rings. The lowest BCUT2D eigenvalue weighted by Crippen LogP contribution is -2.44. The van der Waals surface area contributed by atoms with E-state index in [1.165, 1.54) is 16.5 Å². The maximum Gasteiger partial charge on any atom is 0.246 e. The van der Waals surface area contributed by atoms with Gasteiger partial charge in [-0.1, -0.05) is 36.9 Å². The third-order valence-electron chi connectivity index (χ3n) is 5.31. The van der Waals surface area contributed by atoms with E-state index in [-0.39, 0.29) is 29.8 Å². The summed E-state index contributed by atoms with van der Waals surface area (Å²) in [6.07, 6.45) is 6.83. The van der Waals surface area contributed by atoms with Gasteiger partial charge in [-0.3, -0.25) is 9.59 Å². The first-order valence-electron chi connectivity index (χ1n) is 9.25. The number of carbonyl (C=O) groups excluding carboxylic acids is 2. The lowest BCUT2D eigenvalue weighted by atomic mass is 9.87. The van der Waals surface area contributed by atoms with E-state index in [2.05, 4.69) is 29.0 Å². The van der Waals surface area contributed by atoms with Gasteiger partial charge >= 0.3 is 0 Å². The predicted molar refractivity (Wildman–Crippen MR) is 104 cm³/mol. The zero-order valence-corrected chi connectivity index (χ0v) is 15.9. The van der Waals surface area contributed by atoms with E-state index in [9.17, 15) is 9.59 Å². The molecule has 0 aliphatic heterocycles. The molecule has 1 unspecified atom stereocenters. The SMILES string of the molecule is C=CC(=O)N(CC)CC(=O)NC(c1nccn1C)C1(c2ccccc2)CC1. The second-order valence-electron chi connectivity index (χ2n) is 6.98. The van der Waals surface area contributed by atoms with Gasteiger partial charge in [-0.05, 0) is 31.4 Å². The maximum atomic E-state index is 12.8. The average Bonchev–Trinajstić information content (AvgIpc) is 3.39. The van der Waals surface area contributed by atoms with Crippen molar-refractivity contribution in [2.75, 3.05) is 13.1 Å². The molecule has 142 valence electrons. The van der Waals surface area contributed by atoms with Gasteiger partial charge in [0, 0.05) is 31.4 Å². The summed E-state index contributed by atoms with van der Waals surface area (Å²) in [4.78, 5) is 30.6. The third kappa shape index (κ3) is 3.79. The molecule has 0 radical (unpaired) electrons. The second kappa shape index (κ2) is 7.78. The van der Waals surface area contributed by atoms with Crippen molar-refractivity contribution in [1.82, 2.24) is 19.8 Å². The Morgan fingerprint density at radius 1 is 1.37 bits per heavy atom. The highest BCUT2D eigenvalue weighted by Crippen LogP contribution is 2.56. The van der Waals surface area contributed by atoms with E-state index in [1.54, 1.807) is 6.20 Å². The number of amides is 2. The summed E-state index contributed by atoms with van der Waals surface area (Å²) in [5, 5.41) is 3.15. The van der Waals surface area contributed by atoms with Gasteiger partial charge in [-0.2, -0.15) is 0 Å². The van der Waals surface area contributed by atoms with Crippen molar-refractivity contribution in [3.05, 3.63) is 66.8 Å². The molecule has 0 spiro atoms. The standard InChI is InChI=1S/C21H26N4O2/c1-4-18(27)25(5-2)15-17(26)23-19(20-22-13-14-24(20)3)21(11-12-21)16-9-7-6-8-10-16/h4,6-10,13-14,19H,1,5,11-12,15H2,2-3H3,(H,23,26). The first kappa shape index (κ1) is 18.9. The minimum atomic E-state index is -0.245. The Bertz CT molecular complexity index is 824. The van der Waals surface area contributed by atoms with E-state index >= 15 is 0 Å². The molecule has 2 aromatic rings. The van der Waals surface area contributed by atoms with Crippen LogP contribution in [0.3, 0.4) is 0 Å². The van der Waals surface area contributed by atoms with E-state index in [0.29, 0.717) is 6.54 Å². The van der Waals surface area contributed by atoms with Gasteiger partial charge in [0.1, 0.15) is 5.82 Å². The first-order chi connectivity index (χ1) is 13.0. The molecule has 1 aromatic heterocycles. The number of hydrogen-bond acceptors (Lipinski definition) is 3. The van der Waals surface area contributed by atoms with E-state index in [1.807, 2.05) is 42.9 Å². The average molecular weight is 366 g/mol. The largest absolute Gasteiger partial charge is 0.344 e. The van der Waals surface area contributed by atoms with Crippen LogP contribution in [0.4, 0.5) is 0 Å². The summed E-state index contributed by atoms with van der Waals surface area (Å²) in [6.45, 7) is 5.81. The van der Waals surface area contributed by atoms with Gasteiger partial charge in [-0.25, -0.2) is 4.98 Å². The number of aryl methyl sites for hydroxylation is 1. The van der Waals surface area contributed by atoms with Gasteiger partial charge in [-0.15, -0.1) is 0 Å². The molecule has 1 aromatic carbocycles. The van der Waals surface area contributed by atoms with Crippen molar-refractivity contribution < 1.29 is 9.59 Å². The Hall–Kier alpha value is -2.89. The fraction of sp³-hybridized carbons (Fsp3) is 0.381. The molecule has 0 saturated heterocycles. The molecule has 1 heterocycles. The number of benzene rings is 1. The number of aromatic nitrogens is 2. The maximum absolute atomic E-state index is 12.8. The van der Waals surface area contributed by atoms with E-state index in [0.717, 1.165) is 18.7 Å². The summed E-state index contributed by atoms with van der Waals surface area (Å²) in [6, 6.07) is 10.0. The molecule has 6 nitrogen and oxygen atoms in total. The number of nitrogens with zero attached hydrogens (tertiary/aromatic N) is 3. The number of rotatable bonds is 8. The number of hydrogen-bond donors (Lipinski definition) is 1. The van der Waals surface area contributed by atoms with Gasteiger partial charge in [0.15, 0.2) is 0 Å². The van der Waals surface area contributed by atoms with Crippen LogP contribution in [0.15, 0.2) is 55.4 Å². The van der Waals surface area contributed by atoms with Crippen LogP contribution in [-0.2, 0) is 22.1 Å². The molecule has 1 fully saturated rings. The Kier molecular flexibility index (Phi) is 5.44. The van der Waals surface area contributed by atoms with Crippen LogP contribution in [0.5, 0.6) is 0 Å². The fourth-order valence-corrected chi connectivity index (χ4v) is 3.61. The van der Waals surface area contributed by atoms with Gasteiger partial charge < -0.3 is 14.8 Å². The second-order valence-corrected chi connectivity index (χ2v) is 6.98. The Balaban J connectivity index is 1.86. The molecule has 1 aliphatic carbocycles. The van der Waals surface area contributed by atoms with Crippen molar-refractivity contribution in [3.63, 3.8) is 0 Å². The molecule has 0 bridgehead atoms. The fourth-order valence-electron chi connectivity index (χ4n) is 3.61. The van der Waals surface area contributed by atoms with Crippen LogP contribution in [0.1, 0.15) is 37.2 Å². The molecular formula is C21H26N4O2. The zero-order valence-electron chi connectivity index (χ0n) is 15.9. The Morgan fingerprint density at radius 3 is 2.59 bits per heavy atom. The lowest BCUT2D eigenvalue weighted by Gasteiger charge is -2.29. The highest BCUT2D eigenvalue weighted by molar-refractivity contribution is 5.91. The number of carbonyl (C=O) groups is 2. The van der Waals surface area contributed by atoms with Gasteiger partial charge in [0.05, 0.1) is 12.6 Å². The van der Waals surface area contributed by atoms with Crippen molar-refractivity contribution in [2.45, 2.75) is 31.2 Å². The minimum absolute atomic E-state index is 0.00709. The van der Waals surface area contributed by atoms with Crippen LogP contribution in [0.25, 0.3) is 0 Å². The third-order valence-corrected chi connectivity index (χ3v) is 5.31. The van der Waals surface area contributed by atoms with Crippen LogP contribution in [0, 0.1) is 0 Å². The van der Waals surface area contributed by atoms with E-state index in [4.69, 9.17) is 0 Å². The highest BCUT2D eigenvalue weighted by atomic mass is 16.2. The van der Waals surface area contributed by atoms with Crippen LogP contribution < -0.4 is 5.32 Å². The smallest absolute Gasteiger partial charge is 0.246 e. The summed E-state index contributed by atoms with van der Waals surface area (Å²) in [5.74, 6) is 0.385. The number of imidazole rings is 1. The summed E-state index contributed by atoms with van der Waals surface area (Å²) >= 11 is 0. The summed E-state index contributed by atoms with van der Waals surface area (Å²) in [7, 11) is 1.93. The molecule has 3 rings (SSSR count). The minimum Gasteiger partial charge on any atom is -0.344 e. The van der Waals surface area contributed by atoms with E-state index < -0.39 is 0 Å². The normalized spacial score (nSPS) is 15.6. The number of likely N-dealkylation sites (N-methyl/N-ethyl adjacent to an activating group) is 1.